The Hall–Kier alpha value is -2.93. The maximum absolute atomic E-state index is 12.9. The number of aromatic amines is 1. The highest BCUT2D eigenvalue weighted by molar-refractivity contribution is 7.71. The summed E-state index contributed by atoms with van der Waals surface area (Å²) in [5, 5.41) is 10.3. The van der Waals surface area contributed by atoms with Crippen LogP contribution < -0.4 is 10.1 Å². The Labute approximate surface area is 174 Å². The second-order valence-electron chi connectivity index (χ2n) is 7.43. The van der Waals surface area contributed by atoms with Gasteiger partial charge in [-0.15, -0.1) is 0 Å². The fourth-order valence-corrected chi connectivity index (χ4v) is 4.13. The number of aromatic nitrogens is 3. The summed E-state index contributed by atoms with van der Waals surface area (Å²) in [7, 11) is 1.62. The van der Waals surface area contributed by atoms with Gasteiger partial charge in [0, 0.05) is 5.56 Å². The van der Waals surface area contributed by atoms with Gasteiger partial charge < -0.3 is 10.1 Å². The van der Waals surface area contributed by atoms with Crippen molar-refractivity contribution in [3.8, 4) is 17.1 Å². The fraction of sp³-hybridized carbons (Fsp3) is 0.318. The molecule has 0 bridgehead atoms. The van der Waals surface area contributed by atoms with Crippen molar-refractivity contribution in [1.82, 2.24) is 20.1 Å². The van der Waals surface area contributed by atoms with Crippen LogP contribution in [0.15, 0.2) is 48.5 Å². The van der Waals surface area contributed by atoms with Gasteiger partial charge in [-0.2, -0.15) is 5.10 Å². The Morgan fingerprint density at radius 3 is 2.79 bits per heavy atom. The number of nitrogens with one attached hydrogen (secondary N) is 2. The molecule has 0 saturated heterocycles. The van der Waals surface area contributed by atoms with E-state index in [0.717, 1.165) is 24.2 Å². The third-order valence-corrected chi connectivity index (χ3v) is 5.86. The van der Waals surface area contributed by atoms with Crippen LogP contribution >= 0.6 is 12.2 Å². The lowest BCUT2D eigenvalue weighted by molar-refractivity contribution is -0.122. The van der Waals surface area contributed by atoms with Crippen molar-refractivity contribution in [3.05, 3.63) is 64.4 Å². The lowest BCUT2D eigenvalue weighted by Gasteiger charge is -2.32. The maximum Gasteiger partial charge on any atom is 0.240 e. The average Bonchev–Trinajstić information content (AvgIpc) is 3.10. The van der Waals surface area contributed by atoms with Gasteiger partial charge in [-0.25, -0.2) is 0 Å². The van der Waals surface area contributed by atoms with Crippen molar-refractivity contribution in [2.24, 2.45) is 5.92 Å². The summed E-state index contributed by atoms with van der Waals surface area (Å²) in [4.78, 5) is 12.9. The topological polar surface area (TPSA) is 71.9 Å². The number of benzene rings is 2. The summed E-state index contributed by atoms with van der Waals surface area (Å²) in [5.41, 5.74) is 3.39. The van der Waals surface area contributed by atoms with Gasteiger partial charge in [0.2, 0.25) is 5.91 Å². The predicted octanol–water partition coefficient (Wildman–Crippen LogP) is 4.06. The molecule has 29 heavy (non-hydrogen) atoms. The first-order chi connectivity index (χ1) is 14.1. The van der Waals surface area contributed by atoms with E-state index in [9.17, 15) is 4.79 Å². The monoisotopic (exact) mass is 408 g/mol. The van der Waals surface area contributed by atoms with Gasteiger partial charge >= 0.3 is 0 Å². The van der Waals surface area contributed by atoms with E-state index in [-0.39, 0.29) is 18.5 Å². The van der Waals surface area contributed by atoms with E-state index >= 15 is 0 Å². The smallest absolute Gasteiger partial charge is 0.240 e. The molecule has 1 aromatic heterocycles. The second kappa shape index (κ2) is 8.21. The molecule has 3 aromatic rings. The van der Waals surface area contributed by atoms with E-state index in [0.29, 0.717) is 16.5 Å². The minimum atomic E-state index is -0.0779. The highest BCUT2D eigenvalue weighted by Crippen LogP contribution is 2.34. The number of aryl methyl sites for hydroxylation is 1. The number of hydrogen-bond acceptors (Lipinski definition) is 4. The minimum absolute atomic E-state index is 0.0120. The number of H-pyrrole nitrogens is 1. The number of amides is 1. The van der Waals surface area contributed by atoms with Crippen molar-refractivity contribution in [2.75, 3.05) is 7.11 Å². The Bertz CT molecular complexity index is 1070. The highest BCUT2D eigenvalue weighted by atomic mass is 32.1. The molecule has 0 spiro atoms. The van der Waals surface area contributed by atoms with Gasteiger partial charge in [-0.1, -0.05) is 31.2 Å². The zero-order valence-electron chi connectivity index (χ0n) is 16.5. The largest absolute Gasteiger partial charge is 0.497 e. The number of fused-ring (bicyclic) bond motifs is 1. The summed E-state index contributed by atoms with van der Waals surface area (Å²) in [5.74, 6) is 1.69. The standard InChI is InChI=1S/C22H24N4O2S/c1-14-7-8-15-5-3-4-6-18(15)20(14)23-19(27)13-26-21(24-25-22(26)29)16-9-11-17(28-2)12-10-16/h3-6,9-12,14,20H,7-8,13H2,1-2H3,(H,23,27)(H,25,29)/t14-,20-/m1/s1. The van der Waals surface area contributed by atoms with Crippen molar-refractivity contribution in [2.45, 2.75) is 32.4 Å². The third-order valence-electron chi connectivity index (χ3n) is 5.55. The van der Waals surface area contributed by atoms with Crippen molar-refractivity contribution in [3.63, 3.8) is 0 Å². The summed E-state index contributed by atoms with van der Waals surface area (Å²) in [6.45, 7) is 2.30. The Morgan fingerprint density at radius 1 is 1.28 bits per heavy atom. The molecule has 1 heterocycles. The van der Waals surface area contributed by atoms with Crippen LogP contribution in [0.4, 0.5) is 0 Å². The molecular weight excluding hydrogens is 384 g/mol. The highest BCUT2D eigenvalue weighted by Gasteiger charge is 2.27. The number of ether oxygens (including phenoxy) is 1. The molecule has 0 saturated carbocycles. The van der Waals surface area contributed by atoms with Crippen molar-refractivity contribution < 1.29 is 9.53 Å². The van der Waals surface area contributed by atoms with Crippen LogP contribution in [-0.4, -0.2) is 27.8 Å². The van der Waals surface area contributed by atoms with Gasteiger partial charge in [0.25, 0.3) is 0 Å². The lowest BCUT2D eigenvalue weighted by atomic mass is 9.80. The van der Waals surface area contributed by atoms with Gasteiger partial charge in [-0.05, 0) is 66.4 Å². The summed E-state index contributed by atoms with van der Waals surface area (Å²) >= 11 is 5.37. The Morgan fingerprint density at radius 2 is 2.03 bits per heavy atom. The molecule has 150 valence electrons. The first kappa shape index (κ1) is 19.4. The molecule has 0 radical (unpaired) electrons. The number of nitrogens with zero attached hydrogens (tertiary/aromatic N) is 2. The Kier molecular flexibility index (Phi) is 5.49. The molecule has 0 fully saturated rings. The van der Waals surface area contributed by atoms with Crippen LogP contribution in [0, 0.1) is 10.7 Å². The Balaban J connectivity index is 1.55. The van der Waals surface area contributed by atoms with Crippen LogP contribution in [0.5, 0.6) is 5.75 Å². The van der Waals surface area contributed by atoms with Crippen LogP contribution in [0.3, 0.4) is 0 Å². The number of hydrogen-bond donors (Lipinski definition) is 2. The fourth-order valence-electron chi connectivity index (χ4n) is 3.93. The molecule has 0 unspecified atom stereocenters. The molecule has 6 nitrogen and oxygen atoms in total. The van der Waals surface area contributed by atoms with E-state index in [1.54, 1.807) is 11.7 Å². The number of carbonyl (C=O) groups excluding carboxylic acids is 1. The number of carbonyl (C=O) groups is 1. The molecule has 1 aliphatic carbocycles. The molecular formula is C22H24N4O2S. The molecule has 2 aromatic carbocycles. The van der Waals surface area contributed by atoms with Crippen LogP contribution in [0.2, 0.25) is 0 Å². The molecule has 2 N–H and O–H groups in total. The molecule has 7 heteroatoms. The van der Waals surface area contributed by atoms with E-state index in [1.807, 2.05) is 30.3 Å². The third kappa shape index (κ3) is 3.96. The molecule has 1 aliphatic rings. The summed E-state index contributed by atoms with van der Waals surface area (Å²) in [6.07, 6.45) is 2.11. The van der Waals surface area contributed by atoms with Gasteiger partial charge in [-0.3, -0.25) is 14.5 Å². The van der Waals surface area contributed by atoms with E-state index in [4.69, 9.17) is 17.0 Å². The first-order valence-corrected chi connectivity index (χ1v) is 10.1. The zero-order valence-corrected chi connectivity index (χ0v) is 17.3. The quantitative estimate of drug-likeness (QED) is 0.625. The molecule has 2 atom stereocenters. The maximum atomic E-state index is 12.9. The lowest BCUT2D eigenvalue weighted by Crippen LogP contribution is -2.37. The number of rotatable bonds is 5. The predicted molar refractivity (Wildman–Crippen MR) is 114 cm³/mol. The molecule has 0 aliphatic heterocycles. The summed E-state index contributed by atoms with van der Waals surface area (Å²) in [6, 6.07) is 15.9. The van der Waals surface area contributed by atoms with Crippen LogP contribution in [-0.2, 0) is 17.8 Å². The SMILES string of the molecule is COc1ccc(-c2n[nH]c(=S)n2CC(=O)N[C@H]2c3ccccc3CC[C@H]2C)cc1. The van der Waals surface area contributed by atoms with Gasteiger partial charge in [0.15, 0.2) is 10.6 Å². The zero-order chi connectivity index (χ0) is 20.4. The normalized spacial score (nSPS) is 18.1. The second-order valence-corrected chi connectivity index (χ2v) is 7.81. The van der Waals surface area contributed by atoms with E-state index in [2.05, 4.69) is 40.6 Å². The molecule has 1 amide bonds. The van der Waals surface area contributed by atoms with E-state index < -0.39 is 0 Å². The minimum Gasteiger partial charge on any atom is -0.497 e. The van der Waals surface area contributed by atoms with Gasteiger partial charge in [0.05, 0.1) is 13.2 Å². The average molecular weight is 409 g/mol. The number of methoxy groups -OCH3 is 1. The first-order valence-electron chi connectivity index (χ1n) is 9.73. The summed E-state index contributed by atoms with van der Waals surface area (Å²) < 4.78 is 7.36. The van der Waals surface area contributed by atoms with Crippen LogP contribution in [0.1, 0.15) is 30.5 Å². The van der Waals surface area contributed by atoms with Crippen molar-refractivity contribution in [1.29, 1.82) is 0 Å². The molecule has 4 rings (SSSR count). The van der Waals surface area contributed by atoms with Crippen molar-refractivity contribution >= 4 is 18.1 Å². The van der Waals surface area contributed by atoms with Gasteiger partial charge in [0.1, 0.15) is 12.3 Å². The van der Waals surface area contributed by atoms with E-state index in [1.165, 1.54) is 11.1 Å². The van der Waals surface area contributed by atoms with Crippen LogP contribution in [0.25, 0.3) is 11.4 Å².